The molecule has 11 heavy (non-hydrogen) atoms. The zero-order chi connectivity index (χ0) is 8.27. The highest BCUT2D eigenvalue weighted by Gasteiger charge is 1.98. The third kappa shape index (κ3) is 1.74. The molecule has 0 saturated heterocycles. The van der Waals surface area contributed by atoms with Gasteiger partial charge in [0.2, 0.25) is 0 Å². The molecule has 1 heterocycles. The minimum atomic E-state index is -0.301. The largest absolute Gasteiger partial charge is 0.260 e. The molecule has 1 aromatic rings. The van der Waals surface area contributed by atoms with Crippen molar-refractivity contribution in [2.24, 2.45) is 0 Å². The van der Waals surface area contributed by atoms with Crippen molar-refractivity contribution in [1.29, 1.82) is 5.26 Å². The lowest BCUT2D eigenvalue weighted by Crippen LogP contribution is -1.91. The summed E-state index contributed by atoms with van der Waals surface area (Å²) >= 11 is 0. The Morgan fingerprint density at radius 3 is 3.00 bits per heavy atom. The summed E-state index contributed by atoms with van der Waals surface area (Å²) in [6.07, 6.45) is 1.60. The van der Waals surface area contributed by atoms with Crippen molar-refractivity contribution in [3.63, 3.8) is 0 Å². The maximum absolute atomic E-state index is 12.8. The molecule has 1 aromatic heterocycles. The summed E-state index contributed by atoms with van der Waals surface area (Å²) in [5, 5.41) is 8.27. The second-order valence-electron chi connectivity index (χ2n) is 2.26. The summed E-state index contributed by atoms with van der Waals surface area (Å²) in [5.41, 5.74) is 0.988. The molecule has 3 heteroatoms. The van der Waals surface area contributed by atoms with Gasteiger partial charge in [0, 0.05) is 11.8 Å². The first kappa shape index (κ1) is 7.67. The number of hydrogen-bond donors (Lipinski definition) is 0. The first-order valence-electron chi connectivity index (χ1n) is 3.22. The highest BCUT2D eigenvalue weighted by Crippen LogP contribution is 2.05. The molecule has 2 nitrogen and oxygen atoms in total. The number of aromatic nitrogens is 1. The molecule has 0 unspecified atom stereocenters. The van der Waals surface area contributed by atoms with E-state index in [1.807, 2.05) is 6.07 Å². The maximum atomic E-state index is 12.8. The minimum Gasteiger partial charge on any atom is -0.260 e. The number of rotatable bonds is 1. The SMILES string of the molecule is Cc1cnc(CC#N)cc1F. The molecular weight excluding hydrogens is 143 g/mol. The Bertz CT molecular complexity index is 301. The Labute approximate surface area is 64.3 Å². The van der Waals surface area contributed by atoms with Crippen LogP contribution in [0.15, 0.2) is 12.3 Å². The molecule has 1 rings (SSSR count). The number of halogens is 1. The average molecular weight is 150 g/mol. The Kier molecular flexibility index (Phi) is 2.17. The number of aryl methyl sites for hydroxylation is 1. The van der Waals surface area contributed by atoms with Gasteiger partial charge in [-0.1, -0.05) is 0 Å². The summed E-state index contributed by atoms with van der Waals surface area (Å²) in [5.74, 6) is -0.301. The topological polar surface area (TPSA) is 36.7 Å². The van der Waals surface area contributed by atoms with Gasteiger partial charge >= 0.3 is 0 Å². The molecule has 0 saturated carbocycles. The third-order valence-corrected chi connectivity index (χ3v) is 1.35. The van der Waals surface area contributed by atoms with Crippen LogP contribution >= 0.6 is 0 Å². The minimum absolute atomic E-state index is 0.164. The lowest BCUT2D eigenvalue weighted by atomic mass is 10.2. The Morgan fingerprint density at radius 2 is 2.45 bits per heavy atom. The number of nitrogens with zero attached hydrogens (tertiary/aromatic N) is 2. The van der Waals surface area contributed by atoms with Gasteiger partial charge in [-0.25, -0.2) is 4.39 Å². The number of hydrogen-bond acceptors (Lipinski definition) is 2. The van der Waals surface area contributed by atoms with E-state index in [1.165, 1.54) is 12.3 Å². The van der Waals surface area contributed by atoms with Gasteiger partial charge in [0.1, 0.15) is 5.82 Å². The van der Waals surface area contributed by atoms with Gasteiger partial charge in [-0.15, -0.1) is 0 Å². The van der Waals surface area contributed by atoms with Crippen molar-refractivity contribution >= 4 is 0 Å². The molecule has 0 amide bonds. The third-order valence-electron chi connectivity index (χ3n) is 1.35. The van der Waals surface area contributed by atoms with Crippen LogP contribution in [0.1, 0.15) is 11.3 Å². The second kappa shape index (κ2) is 3.11. The van der Waals surface area contributed by atoms with Crippen LogP contribution in [-0.4, -0.2) is 4.98 Å². The van der Waals surface area contributed by atoms with Crippen LogP contribution in [0.4, 0.5) is 4.39 Å². The maximum Gasteiger partial charge on any atom is 0.129 e. The lowest BCUT2D eigenvalue weighted by molar-refractivity contribution is 0.613. The Balaban J connectivity index is 2.98. The highest BCUT2D eigenvalue weighted by atomic mass is 19.1. The average Bonchev–Trinajstić information content (AvgIpc) is 1.98. The van der Waals surface area contributed by atoms with Crippen molar-refractivity contribution in [3.05, 3.63) is 29.3 Å². The lowest BCUT2D eigenvalue weighted by Gasteiger charge is -1.96. The van der Waals surface area contributed by atoms with Crippen LogP contribution in [-0.2, 0) is 6.42 Å². The molecule has 0 bridgehead atoms. The van der Waals surface area contributed by atoms with E-state index in [0.717, 1.165) is 0 Å². The Hall–Kier alpha value is -1.43. The van der Waals surface area contributed by atoms with E-state index in [4.69, 9.17) is 5.26 Å². The molecule has 0 fully saturated rings. The molecule has 56 valence electrons. The van der Waals surface area contributed by atoms with E-state index in [-0.39, 0.29) is 12.2 Å². The van der Waals surface area contributed by atoms with Crippen LogP contribution in [0.2, 0.25) is 0 Å². The van der Waals surface area contributed by atoms with Gasteiger partial charge in [0.15, 0.2) is 0 Å². The second-order valence-corrected chi connectivity index (χ2v) is 2.26. The fourth-order valence-corrected chi connectivity index (χ4v) is 0.716. The van der Waals surface area contributed by atoms with Gasteiger partial charge in [-0.05, 0) is 13.0 Å². The fourth-order valence-electron chi connectivity index (χ4n) is 0.716. The molecule has 0 aliphatic carbocycles. The summed E-state index contributed by atoms with van der Waals surface area (Å²) in [6.45, 7) is 1.64. The molecule has 0 spiro atoms. The summed E-state index contributed by atoms with van der Waals surface area (Å²) in [4.78, 5) is 3.87. The van der Waals surface area contributed by atoms with E-state index < -0.39 is 0 Å². The van der Waals surface area contributed by atoms with Crippen molar-refractivity contribution < 1.29 is 4.39 Å². The summed E-state index contributed by atoms with van der Waals surface area (Å²) < 4.78 is 12.8. The highest BCUT2D eigenvalue weighted by molar-refractivity contribution is 5.16. The molecule has 0 N–H and O–H groups in total. The van der Waals surface area contributed by atoms with E-state index in [2.05, 4.69) is 4.98 Å². The zero-order valence-electron chi connectivity index (χ0n) is 6.13. The van der Waals surface area contributed by atoms with Crippen molar-refractivity contribution in [1.82, 2.24) is 4.98 Å². The van der Waals surface area contributed by atoms with Gasteiger partial charge in [0.25, 0.3) is 0 Å². The quantitative estimate of drug-likeness (QED) is 0.609. The zero-order valence-corrected chi connectivity index (χ0v) is 6.13. The van der Waals surface area contributed by atoms with Crippen LogP contribution < -0.4 is 0 Å². The smallest absolute Gasteiger partial charge is 0.129 e. The predicted octanol–water partition coefficient (Wildman–Crippen LogP) is 1.60. The normalized spacial score (nSPS) is 9.18. The number of nitriles is 1. The van der Waals surface area contributed by atoms with Crippen LogP contribution in [0, 0.1) is 24.1 Å². The first-order chi connectivity index (χ1) is 5.24. The van der Waals surface area contributed by atoms with Crippen LogP contribution in [0.3, 0.4) is 0 Å². The van der Waals surface area contributed by atoms with Gasteiger partial charge in [0.05, 0.1) is 18.2 Å². The van der Waals surface area contributed by atoms with Crippen LogP contribution in [0.25, 0.3) is 0 Å². The molecule has 0 atom stereocenters. The Morgan fingerprint density at radius 1 is 1.73 bits per heavy atom. The van der Waals surface area contributed by atoms with Gasteiger partial charge in [-0.2, -0.15) is 5.26 Å². The summed E-state index contributed by atoms with van der Waals surface area (Å²) in [6, 6.07) is 3.19. The van der Waals surface area contributed by atoms with Crippen LogP contribution in [0.5, 0.6) is 0 Å². The van der Waals surface area contributed by atoms with Crippen molar-refractivity contribution in [3.8, 4) is 6.07 Å². The molecule has 0 radical (unpaired) electrons. The molecule has 0 aromatic carbocycles. The monoisotopic (exact) mass is 150 g/mol. The number of pyridine rings is 1. The van der Waals surface area contributed by atoms with E-state index in [1.54, 1.807) is 6.92 Å². The van der Waals surface area contributed by atoms with Crippen molar-refractivity contribution in [2.75, 3.05) is 0 Å². The predicted molar refractivity (Wildman–Crippen MR) is 38.2 cm³/mol. The van der Waals surface area contributed by atoms with E-state index in [0.29, 0.717) is 11.3 Å². The molecular formula is C8H7FN2. The molecule has 0 aliphatic heterocycles. The first-order valence-corrected chi connectivity index (χ1v) is 3.22. The standard InChI is InChI=1S/C8H7FN2/c1-6-5-11-7(2-3-10)4-8(6)9/h4-5H,2H2,1H3. The van der Waals surface area contributed by atoms with Gasteiger partial charge < -0.3 is 0 Å². The van der Waals surface area contributed by atoms with Crippen molar-refractivity contribution in [2.45, 2.75) is 13.3 Å². The van der Waals surface area contributed by atoms with Gasteiger partial charge in [-0.3, -0.25) is 4.98 Å². The fraction of sp³-hybridized carbons (Fsp3) is 0.250. The van der Waals surface area contributed by atoms with E-state index >= 15 is 0 Å². The summed E-state index contributed by atoms with van der Waals surface area (Å²) in [7, 11) is 0. The van der Waals surface area contributed by atoms with E-state index in [9.17, 15) is 4.39 Å². The molecule has 0 aliphatic rings.